The molecule has 0 saturated carbocycles. The van der Waals surface area contributed by atoms with E-state index in [4.69, 9.17) is 11.6 Å². The van der Waals surface area contributed by atoms with Gasteiger partial charge in [0.05, 0.1) is 21.6 Å². The summed E-state index contributed by atoms with van der Waals surface area (Å²) < 4.78 is 12.0. The van der Waals surface area contributed by atoms with Crippen molar-refractivity contribution in [1.29, 1.82) is 0 Å². The Labute approximate surface area is 113 Å². The highest BCUT2D eigenvalue weighted by atomic mass is 35.5. The summed E-state index contributed by atoms with van der Waals surface area (Å²) in [5.74, 6) is -0.254. The summed E-state index contributed by atoms with van der Waals surface area (Å²) in [4.78, 5) is 12.6. The lowest BCUT2D eigenvalue weighted by atomic mass is 10.1. The molecule has 0 fully saturated rings. The lowest BCUT2D eigenvalue weighted by Crippen LogP contribution is -2.11. The van der Waals surface area contributed by atoms with Gasteiger partial charge in [-0.05, 0) is 24.3 Å². The van der Waals surface area contributed by atoms with Crippen LogP contribution in [-0.2, 0) is 10.8 Å². The zero-order chi connectivity index (χ0) is 13.0. The molecule has 0 amide bonds. The SMILES string of the molecule is O=C(CS(=O)c1ccccc1)c1ccccc1Cl. The Hall–Kier alpha value is -1.45. The number of Topliss-reactive ketones (excluding diaryl/α,β-unsaturated/α-hetero) is 1. The molecule has 2 aromatic rings. The van der Waals surface area contributed by atoms with Gasteiger partial charge in [-0.1, -0.05) is 41.9 Å². The summed E-state index contributed by atoms with van der Waals surface area (Å²) in [5.41, 5.74) is 0.420. The summed E-state index contributed by atoms with van der Waals surface area (Å²) in [7, 11) is -1.33. The number of hydrogen-bond donors (Lipinski definition) is 0. The van der Waals surface area contributed by atoms with Crippen LogP contribution in [0.5, 0.6) is 0 Å². The Morgan fingerprint density at radius 1 is 1.00 bits per heavy atom. The molecule has 0 aliphatic carbocycles. The summed E-state index contributed by atoms with van der Waals surface area (Å²) in [6, 6.07) is 15.7. The first-order valence-corrected chi connectivity index (χ1v) is 7.09. The molecule has 0 N–H and O–H groups in total. The van der Waals surface area contributed by atoms with Crippen LogP contribution >= 0.6 is 11.6 Å². The van der Waals surface area contributed by atoms with Gasteiger partial charge in [-0.2, -0.15) is 0 Å². The largest absolute Gasteiger partial charge is 0.293 e. The van der Waals surface area contributed by atoms with Gasteiger partial charge in [0.1, 0.15) is 0 Å². The lowest BCUT2D eigenvalue weighted by Gasteiger charge is -2.03. The fourth-order valence-corrected chi connectivity index (χ4v) is 2.80. The van der Waals surface area contributed by atoms with E-state index >= 15 is 0 Å². The number of halogens is 1. The van der Waals surface area contributed by atoms with E-state index in [-0.39, 0.29) is 11.5 Å². The van der Waals surface area contributed by atoms with Crippen LogP contribution < -0.4 is 0 Å². The summed E-state index contributed by atoms with van der Waals surface area (Å²) >= 11 is 5.93. The fraction of sp³-hybridized carbons (Fsp3) is 0.0714. The van der Waals surface area contributed by atoms with E-state index in [0.29, 0.717) is 15.5 Å². The average Bonchev–Trinajstić information content (AvgIpc) is 2.40. The van der Waals surface area contributed by atoms with Crippen LogP contribution in [0, 0.1) is 0 Å². The van der Waals surface area contributed by atoms with Gasteiger partial charge < -0.3 is 0 Å². The molecule has 4 heteroatoms. The minimum atomic E-state index is -1.33. The van der Waals surface area contributed by atoms with Crippen molar-refractivity contribution in [2.75, 3.05) is 5.75 Å². The molecule has 0 aliphatic rings. The standard InChI is InChI=1S/C14H11ClO2S/c15-13-9-5-4-8-12(13)14(16)10-18(17)11-6-2-1-3-7-11/h1-9H,10H2. The molecule has 0 heterocycles. The van der Waals surface area contributed by atoms with E-state index in [1.807, 2.05) is 6.07 Å². The number of carbonyl (C=O) groups is 1. The first kappa shape index (κ1) is 13.0. The minimum absolute atomic E-state index is 0.0479. The van der Waals surface area contributed by atoms with Crippen molar-refractivity contribution >= 4 is 28.2 Å². The van der Waals surface area contributed by atoms with Crippen LogP contribution in [0.2, 0.25) is 5.02 Å². The lowest BCUT2D eigenvalue weighted by molar-refractivity contribution is 0.102. The third kappa shape index (κ3) is 3.06. The van der Waals surface area contributed by atoms with Crippen LogP contribution in [0.1, 0.15) is 10.4 Å². The maximum atomic E-state index is 12.0. The Morgan fingerprint density at radius 3 is 2.28 bits per heavy atom. The Morgan fingerprint density at radius 2 is 1.61 bits per heavy atom. The van der Waals surface area contributed by atoms with E-state index in [2.05, 4.69) is 0 Å². The van der Waals surface area contributed by atoms with Gasteiger partial charge in [0, 0.05) is 10.5 Å². The first-order valence-electron chi connectivity index (χ1n) is 5.39. The third-order valence-corrected chi connectivity index (χ3v) is 4.09. The molecular weight excluding hydrogens is 268 g/mol. The van der Waals surface area contributed by atoms with Gasteiger partial charge in [0.25, 0.3) is 0 Å². The van der Waals surface area contributed by atoms with Gasteiger partial charge in [-0.3, -0.25) is 9.00 Å². The number of hydrogen-bond acceptors (Lipinski definition) is 2. The summed E-state index contributed by atoms with van der Waals surface area (Å²) in [6.07, 6.45) is 0. The highest BCUT2D eigenvalue weighted by molar-refractivity contribution is 7.85. The maximum Gasteiger partial charge on any atom is 0.177 e. The molecule has 1 atom stereocenters. The van der Waals surface area contributed by atoms with E-state index in [1.165, 1.54) is 0 Å². The van der Waals surface area contributed by atoms with Gasteiger partial charge in [0.15, 0.2) is 5.78 Å². The maximum absolute atomic E-state index is 12.0. The quantitative estimate of drug-likeness (QED) is 0.804. The molecule has 0 saturated heterocycles. The number of benzene rings is 2. The van der Waals surface area contributed by atoms with Crippen LogP contribution in [0.4, 0.5) is 0 Å². The summed E-state index contributed by atoms with van der Waals surface area (Å²) in [5, 5.41) is 0.396. The predicted molar refractivity (Wildman–Crippen MR) is 73.5 cm³/mol. The molecule has 18 heavy (non-hydrogen) atoms. The topological polar surface area (TPSA) is 34.1 Å². The second-order valence-corrected chi connectivity index (χ2v) is 5.56. The summed E-state index contributed by atoms with van der Waals surface area (Å²) in [6.45, 7) is 0. The van der Waals surface area contributed by atoms with E-state index in [1.54, 1.807) is 48.5 Å². The number of carbonyl (C=O) groups excluding carboxylic acids is 1. The predicted octanol–water partition coefficient (Wildman–Crippen LogP) is 3.33. The Kier molecular flexibility index (Phi) is 4.28. The number of ketones is 1. The fourth-order valence-electron chi connectivity index (χ4n) is 1.54. The molecule has 0 aliphatic heterocycles. The van der Waals surface area contributed by atoms with E-state index in [0.717, 1.165) is 0 Å². The molecule has 2 nitrogen and oxygen atoms in total. The van der Waals surface area contributed by atoms with Crippen LogP contribution in [-0.4, -0.2) is 15.7 Å². The van der Waals surface area contributed by atoms with Gasteiger partial charge in [-0.25, -0.2) is 0 Å². The van der Waals surface area contributed by atoms with Gasteiger partial charge in [0.2, 0.25) is 0 Å². The zero-order valence-electron chi connectivity index (χ0n) is 9.51. The van der Waals surface area contributed by atoms with Crippen molar-refractivity contribution in [2.45, 2.75) is 4.90 Å². The van der Waals surface area contributed by atoms with Crippen molar-refractivity contribution in [3.05, 3.63) is 65.2 Å². The molecule has 0 bridgehead atoms. The monoisotopic (exact) mass is 278 g/mol. The zero-order valence-corrected chi connectivity index (χ0v) is 11.1. The average molecular weight is 279 g/mol. The van der Waals surface area contributed by atoms with Crippen molar-refractivity contribution in [3.8, 4) is 0 Å². The number of rotatable bonds is 4. The van der Waals surface area contributed by atoms with Crippen molar-refractivity contribution in [1.82, 2.24) is 0 Å². The molecule has 2 aromatic carbocycles. The van der Waals surface area contributed by atoms with E-state index in [9.17, 15) is 9.00 Å². The van der Waals surface area contributed by atoms with Gasteiger partial charge >= 0.3 is 0 Å². The second-order valence-electron chi connectivity index (χ2n) is 3.71. The normalized spacial score (nSPS) is 12.1. The van der Waals surface area contributed by atoms with Crippen LogP contribution in [0.25, 0.3) is 0 Å². The van der Waals surface area contributed by atoms with Crippen molar-refractivity contribution < 1.29 is 9.00 Å². The van der Waals surface area contributed by atoms with Crippen molar-refractivity contribution in [3.63, 3.8) is 0 Å². The molecule has 92 valence electrons. The Balaban J connectivity index is 2.14. The molecular formula is C14H11ClO2S. The highest BCUT2D eigenvalue weighted by Crippen LogP contribution is 2.17. The van der Waals surface area contributed by atoms with Crippen LogP contribution in [0.15, 0.2) is 59.5 Å². The molecule has 2 rings (SSSR count). The highest BCUT2D eigenvalue weighted by Gasteiger charge is 2.14. The van der Waals surface area contributed by atoms with E-state index < -0.39 is 10.8 Å². The minimum Gasteiger partial charge on any atom is -0.293 e. The van der Waals surface area contributed by atoms with Crippen LogP contribution in [0.3, 0.4) is 0 Å². The Bertz CT molecular complexity index is 581. The molecule has 1 unspecified atom stereocenters. The third-order valence-electron chi connectivity index (χ3n) is 2.44. The molecule has 0 spiro atoms. The first-order chi connectivity index (χ1) is 8.68. The smallest absolute Gasteiger partial charge is 0.177 e. The second kappa shape index (κ2) is 5.94. The molecule has 0 radical (unpaired) electrons. The van der Waals surface area contributed by atoms with Gasteiger partial charge in [-0.15, -0.1) is 0 Å². The van der Waals surface area contributed by atoms with Crippen molar-refractivity contribution in [2.24, 2.45) is 0 Å². The molecule has 0 aromatic heterocycles.